The van der Waals surface area contributed by atoms with Crippen LogP contribution in [-0.4, -0.2) is 52.3 Å². The molecule has 7 heteroatoms. The van der Waals surface area contributed by atoms with E-state index in [9.17, 15) is 9.59 Å². The molecular formula is C20H32N4O2S. The first-order valence-corrected chi connectivity index (χ1v) is 10.9. The summed E-state index contributed by atoms with van der Waals surface area (Å²) in [7, 11) is 0. The predicted octanol–water partition coefficient (Wildman–Crippen LogP) is 3.35. The first kappa shape index (κ1) is 20.3. The van der Waals surface area contributed by atoms with E-state index < -0.39 is 5.41 Å². The second-order valence-corrected chi connectivity index (χ2v) is 9.88. The van der Waals surface area contributed by atoms with Crippen molar-refractivity contribution >= 4 is 28.3 Å². The van der Waals surface area contributed by atoms with Crippen LogP contribution in [0.4, 0.5) is 5.13 Å². The minimum Gasteiger partial charge on any atom is -0.330 e. The van der Waals surface area contributed by atoms with E-state index in [1.165, 1.54) is 24.2 Å². The SMILES string of the molecule is CC1CCCN(Cc2csc(NC(=O)C3CCCN3C(=O)C(C)(C)C)n2)C1. The van der Waals surface area contributed by atoms with E-state index in [1.54, 1.807) is 4.90 Å². The Bertz CT molecular complexity index is 682. The van der Waals surface area contributed by atoms with Crippen molar-refractivity contribution in [3.8, 4) is 0 Å². The molecule has 2 unspecified atom stereocenters. The van der Waals surface area contributed by atoms with E-state index >= 15 is 0 Å². The summed E-state index contributed by atoms with van der Waals surface area (Å²) in [5.41, 5.74) is 0.543. The minimum absolute atomic E-state index is 0.0409. The monoisotopic (exact) mass is 392 g/mol. The number of rotatable bonds is 4. The van der Waals surface area contributed by atoms with Gasteiger partial charge in [0.2, 0.25) is 11.8 Å². The molecule has 150 valence electrons. The summed E-state index contributed by atoms with van der Waals surface area (Å²) in [6, 6.07) is -0.382. The molecule has 2 fully saturated rings. The lowest BCUT2D eigenvalue weighted by molar-refractivity contribution is -0.143. The van der Waals surface area contributed by atoms with Crippen LogP contribution in [0.25, 0.3) is 0 Å². The Morgan fingerprint density at radius 3 is 2.70 bits per heavy atom. The lowest BCUT2D eigenvalue weighted by Crippen LogP contribution is -2.47. The molecule has 27 heavy (non-hydrogen) atoms. The summed E-state index contributed by atoms with van der Waals surface area (Å²) in [6.45, 7) is 11.7. The van der Waals surface area contributed by atoms with Crippen molar-refractivity contribution in [3.63, 3.8) is 0 Å². The van der Waals surface area contributed by atoms with Gasteiger partial charge in [0.05, 0.1) is 5.69 Å². The van der Waals surface area contributed by atoms with Gasteiger partial charge in [-0.1, -0.05) is 27.7 Å². The van der Waals surface area contributed by atoms with Gasteiger partial charge in [-0.2, -0.15) is 0 Å². The fourth-order valence-electron chi connectivity index (χ4n) is 4.00. The Morgan fingerprint density at radius 2 is 2.00 bits per heavy atom. The Balaban J connectivity index is 1.58. The third-order valence-corrected chi connectivity index (χ3v) is 6.17. The molecule has 1 aromatic rings. The second kappa shape index (κ2) is 8.27. The number of thiazole rings is 1. The second-order valence-electron chi connectivity index (χ2n) is 9.02. The van der Waals surface area contributed by atoms with Crippen LogP contribution < -0.4 is 5.32 Å². The van der Waals surface area contributed by atoms with Gasteiger partial charge in [0, 0.05) is 30.4 Å². The number of nitrogens with zero attached hydrogens (tertiary/aromatic N) is 3. The highest BCUT2D eigenvalue weighted by atomic mass is 32.1. The Labute approximate surface area is 166 Å². The highest BCUT2D eigenvalue weighted by Crippen LogP contribution is 2.27. The van der Waals surface area contributed by atoms with Crippen LogP contribution >= 0.6 is 11.3 Å². The van der Waals surface area contributed by atoms with Crippen LogP contribution in [0.5, 0.6) is 0 Å². The molecule has 2 atom stereocenters. The summed E-state index contributed by atoms with van der Waals surface area (Å²) in [5.74, 6) is 0.669. The number of amides is 2. The number of carbonyl (C=O) groups excluding carboxylic acids is 2. The molecule has 3 rings (SSSR count). The highest BCUT2D eigenvalue weighted by Gasteiger charge is 2.38. The van der Waals surface area contributed by atoms with E-state index in [1.807, 2.05) is 26.2 Å². The van der Waals surface area contributed by atoms with Crippen LogP contribution in [0.2, 0.25) is 0 Å². The quantitative estimate of drug-likeness (QED) is 0.853. The molecule has 0 bridgehead atoms. The Morgan fingerprint density at radius 1 is 1.26 bits per heavy atom. The summed E-state index contributed by atoms with van der Waals surface area (Å²) < 4.78 is 0. The van der Waals surface area contributed by atoms with Gasteiger partial charge in [0.1, 0.15) is 6.04 Å². The molecule has 2 amide bonds. The largest absolute Gasteiger partial charge is 0.330 e. The van der Waals surface area contributed by atoms with E-state index in [4.69, 9.17) is 0 Å². The number of hydrogen-bond acceptors (Lipinski definition) is 5. The first-order valence-electron chi connectivity index (χ1n) is 10.0. The van der Waals surface area contributed by atoms with Crippen molar-refractivity contribution < 1.29 is 9.59 Å². The Kier molecular flexibility index (Phi) is 6.21. The van der Waals surface area contributed by atoms with Crippen molar-refractivity contribution in [2.24, 2.45) is 11.3 Å². The van der Waals surface area contributed by atoms with Crippen molar-refractivity contribution in [2.45, 2.75) is 66.0 Å². The summed E-state index contributed by atoms with van der Waals surface area (Å²) in [6.07, 6.45) is 4.14. The zero-order valence-corrected chi connectivity index (χ0v) is 17.8. The van der Waals surface area contributed by atoms with Gasteiger partial charge in [0.15, 0.2) is 5.13 Å². The number of anilines is 1. The molecule has 1 aromatic heterocycles. The zero-order chi connectivity index (χ0) is 19.6. The molecule has 0 radical (unpaired) electrons. The maximum atomic E-state index is 12.8. The molecule has 2 aliphatic heterocycles. The fourth-order valence-corrected chi connectivity index (χ4v) is 4.70. The number of piperidine rings is 1. The third-order valence-electron chi connectivity index (χ3n) is 5.37. The van der Waals surface area contributed by atoms with Crippen LogP contribution in [0, 0.1) is 11.3 Å². The molecular weight excluding hydrogens is 360 g/mol. The molecule has 6 nitrogen and oxygen atoms in total. The lowest BCUT2D eigenvalue weighted by Gasteiger charge is -2.30. The van der Waals surface area contributed by atoms with Crippen LogP contribution in [0.15, 0.2) is 5.38 Å². The van der Waals surface area contributed by atoms with Crippen molar-refractivity contribution in [2.75, 3.05) is 25.0 Å². The van der Waals surface area contributed by atoms with Gasteiger partial charge in [-0.05, 0) is 38.1 Å². The molecule has 0 aromatic carbocycles. The molecule has 0 aliphatic carbocycles. The molecule has 2 aliphatic rings. The summed E-state index contributed by atoms with van der Waals surface area (Å²) in [4.78, 5) is 34.1. The van der Waals surface area contributed by atoms with Crippen molar-refractivity contribution in [1.82, 2.24) is 14.8 Å². The molecule has 2 saturated heterocycles. The average molecular weight is 393 g/mol. The van der Waals surface area contributed by atoms with Gasteiger partial charge in [-0.3, -0.25) is 14.5 Å². The van der Waals surface area contributed by atoms with E-state index in [0.717, 1.165) is 44.1 Å². The minimum atomic E-state index is -0.469. The van der Waals surface area contributed by atoms with E-state index in [-0.39, 0.29) is 17.9 Å². The van der Waals surface area contributed by atoms with Gasteiger partial charge in [-0.15, -0.1) is 11.3 Å². The van der Waals surface area contributed by atoms with Crippen LogP contribution in [-0.2, 0) is 16.1 Å². The van der Waals surface area contributed by atoms with Gasteiger partial charge >= 0.3 is 0 Å². The number of hydrogen-bond donors (Lipinski definition) is 1. The van der Waals surface area contributed by atoms with Gasteiger partial charge in [0.25, 0.3) is 0 Å². The normalized spacial score (nSPS) is 24.2. The zero-order valence-electron chi connectivity index (χ0n) is 17.0. The number of nitrogens with one attached hydrogen (secondary N) is 1. The lowest BCUT2D eigenvalue weighted by atomic mass is 9.94. The standard InChI is InChI=1S/C20H32N4O2S/c1-14-7-5-9-23(11-14)12-15-13-27-19(21-15)22-17(25)16-8-6-10-24(16)18(26)20(2,3)4/h13-14,16H,5-12H2,1-4H3,(H,21,22,25). The Hall–Kier alpha value is -1.47. The maximum Gasteiger partial charge on any atom is 0.248 e. The number of carbonyl (C=O) groups is 2. The summed E-state index contributed by atoms with van der Waals surface area (Å²) >= 11 is 1.47. The van der Waals surface area contributed by atoms with Gasteiger partial charge < -0.3 is 10.2 Å². The number of likely N-dealkylation sites (tertiary alicyclic amines) is 2. The molecule has 0 saturated carbocycles. The third kappa shape index (κ3) is 5.08. The first-order chi connectivity index (χ1) is 12.7. The molecule has 0 spiro atoms. The highest BCUT2D eigenvalue weighted by molar-refractivity contribution is 7.13. The fraction of sp³-hybridized carbons (Fsp3) is 0.750. The smallest absolute Gasteiger partial charge is 0.248 e. The maximum absolute atomic E-state index is 12.8. The van der Waals surface area contributed by atoms with Gasteiger partial charge in [-0.25, -0.2) is 4.98 Å². The summed E-state index contributed by atoms with van der Waals surface area (Å²) in [5, 5.41) is 5.61. The molecule has 3 heterocycles. The topological polar surface area (TPSA) is 65.5 Å². The average Bonchev–Trinajstić information content (AvgIpc) is 3.22. The van der Waals surface area contributed by atoms with E-state index in [2.05, 4.69) is 22.1 Å². The van der Waals surface area contributed by atoms with Crippen molar-refractivity contribution in [1.29, 1.82) is 0 Å². The number of aromatic nitrogens is 1. The van der Waals surface area contributed by atoms with Crippen LogP contribution in [0.1, 0.15) is 59.1 Å². The molecule has 1 N–H and O–H groups in total. The predicted molar refractivity (Wildman–Crippen MR) is 109 cm³/mol. The van der Waals surface area contributed by atoms with Crippen molar-refractivity contribution in [3.05, 3.63) is 11.1 Å². The van der Waals surface area contributed by atoms with Crippen LogP contribution in [0.3, 0.4) is 0 Å². The van der Waals surface area contributed by atoms with E-state index in [0.29, 0.717) is 11.7 Å².